The summed E-state index contributed by atoms with van der Waals surface area (Å²) in [5.74, 6) is -2.89. The second-order valence-corrected chi connectivity index (χ2v) is 11.3. The molecule has 0 aromatic heterocycles. The number of halogens is 5. The van der Waals surface area contributed by atoms with Crippen LogP contribution in [0.15, 0.2) is 64.0 Å². The number of carbonyl (C=O) groups excluding carboxylic acids is 4. The van der Waals surface area contributed by atoms with Crippen LogP contribution in [0.5, 0.6) is 11.5 Å². The highest BCUT2D eigenvalue weighted by Crippen LogP contribution is 2.40. The van der Waals surface area contributed by atoms with Crippen molar-refractivity contribution in [2.45, 2.75) is 13.1 Å². The SMILES string of the molecule is CCOC(=O)c1cc(NC(=O)CN2C(=O)S/C(=C/c3cc(Br)ccc3Oc3ccc(C(F)(F)F)cc3[N+](=O)[O-])C2=O)ccc1Cl. The van der Waals surface area contributed by atoms with E-state index in [-0.39, 0.29) is 39.1 Å². The Bertz CT molecular complexity index is 1770. The normalized spacial score (nSPS) is 14.1. The molecule has 234 valence electrons. The average molecular weight is 729 g/mol. The Morgan fingerprint density at radius 2 is 1.82 bits per heavy atom. The van der Waals surface area contributed by atoms with Crippen molar-refractivity contribution in [1.82, 2.24) is 4.90 Å². The van der Waals surface area contributed by atoms with E-state index in [1.165, 1.54) is 42.5 Å². The maximum atomic E-state index is 13.1. The second-order valence-electron chi connectivity index (χ2n) is 8.95. The van der Waals surface area contributed by atoms with Gasteiger partial charge in [-0.25, -0.2) is 4.79 Å². The zero-order valence-electron chi connectivity index (χ0n) is 22.6. The van der Waals surface area contributed by atoms with Crippen LogP contribution in [-0.4, -0.2) is 46.0 Å². The number of nitro benzene ring substituents is 1. The molecule has 0 bridgehead atoms. The van der Waals surface area contributed by atoms with Crippen LogP contribution in [0.25, 0.3) is 6.08 Å². The highest BCUT2D eigenvalue weighted by molar-refractivity contribution is 9.10. The summed E-state index contributed by atoms with van der Waals surface area (Å²) in [5.41, 5.74) is -1.89. The molecule has 4 rings (SSSR count). The first kappa shape index (κ1) is 33.5. The van der Waals surface area contributed by atoms with Crippen LogP contribution in [0.1, 0.15) is 28.4 Å². The number of imide groups is 1. The molecule has 11 nitrogen and oxygen atoms in total. The first-order chi connectivity index (χ1) is 21.2. The minimum atomic E-state index is -4.83. The van der Waals surface area contributed by atoms with Gasteiger partial charge in [0.1, 0.15) is 12.3 Å². The minimum Gasteiger partial charge on any atom is -0.462 e. The first-order valence-corrected chi connectivity index (χ1v) is 14.5. The number of nitro groups is 1. The van der Waals surface area contributed by atoms with Crippen molar-refractivity contribution in [1.29, 1.82) is 0 Å². The monoisotopic (exact) mass is 727 g/mol. The quantitative estimate of drug-likeness (QED) is 0.102. The van der Waals surface area contributed by atoms with Gasteiger partial charge in [-0.3, -0.25) is 29.4 Å². The number of amides is 3. The highest BCUT2D eigenvalue weighted by atomic mass is 79.9. The van der Waals surface area contributed by atoms with Crippen LogP contribution < -0.4 is 10.1 Å². The lowest BCUT2D eigenvalue weighted by molar-refractivity contribution is -0.385. The third-order valence-electron chi connectivity index (χ3n) is 5.88. The smallest absolute Gasteiger partial charge is 0.416 e. The molecule has 1 aliphatic heterocycles. The molecule has 1 saturated heterocycles. The third kappa shape index (κ3) is 8.01. The van der Waals surface area contributed by atoms with E-state index in [1.54, 1.807) is 6.92 Å². The number of esters is 1. The van der Waals surface area contributed by atoms with Crippen molar-refractivity contribution < 1.29 is 46.7 Å². The molecule has 1 aliphatic rings. The highest BCUT2D eigenvalue weighted by Gasteiger charge is 2.37. The zero-order valence-corrected chi connectivity index (χ0v) is 25.8. The Morgan fingerprint density at radius 1 is 1.11 bits per heavy atom. The molecule has 1 heterocycles. The molecule has 3 aromatic rings. The number of nitrogens with one attached hydrogen (secondary N) is 1. The average Bonchev–Trinajstić information content (AvgIpc) is 3.22. The lowest BCUT2D eigenvalue weighted by Gasteiger charge is -2.13. The van der Waals surface area contributed by atoms with Gasteiger partial charge in [-0.05, 0) is 73.3 Å². The number of rotatable bonds is 9. The molecule has 0 aliphatic carbocycles. The number of hydrogen-bond donors (Lipinski definition) is 1. The molecule has 3 amide bonds. The van der Waals surface area contributed by atoms with Gasteiger partial charge in [0.15, 0.2) is 0 Å². The van der Waals surface area contributed by atoms with E-state index in [9.17, 15) is 42.5 Å². The van der Waals surface area contributed by atoms with Crippen molar-refractivity contribution in [3.8, 4) is 11.5 Å². The van der Waals surface area contributed by atoms with Gasteiger partial charge < -0.3 is 14.8 Å². The fourth-order valence-corrected chi connectivity index (χ4v) is 5.26. The zero-order chi connectivity index (χ0) is 33.1. The molecular formula is C28H18BrClF3N3O8S. The Morgan fingerprint density at radius 3 is 2.49 bits per heavy atom. The van der Waals surface area contributed by atoms with Gasteiger partial charge >= 0.3 is 17.8 Å². The Balaban J connectivity index is 1.55. The van der Waals surface area contributed by atoms with E-state index in [2.05, 4.69) is 21.2 Å². The molecule has 1 N–H and O–H groups in total. The molecular weight excluding hydrogens is 711 g/mol. The van der Waals surface area contributed by atoms with Crippen molar-refractivity contribution in [2.24, 2.45) is 0 Å². The van der Waals surface area contributed by atoms with Gasteiger partial charge in [0.25, 0.3) is 11.1 Å². The maximum absolute atomic E-state index is 13.1. The summed E-state index contributed by atoms with van der Waals surface area (Å²) >= 11 is 9.79. The van der Waals surface area contributed by atoms with Gasteiger partial charge in [-0.15, -0.1) is 0 Å². The van der Waals surface area contributed by atoms with Gasteiger partial charge in [0, 0.05) is 21.8 Å². The number of anilines is 1. The van der Waals surface area contributed by atoms with Gasteiger partial charge in [0.05, 0.1) is 32.6 Å². The summed E-state index contributed by atoms with van der Waals surface area (Å²) in [6.45, 7) is 1.03. The summed E-state index contributed by atoms with van der Waals surface area (Å²) in [7, 11) is 0. The molecule has 0 radical (unpaired) electrons. The van der Waals surface area contributed by atoms with Crippen LogP contribution >= 0.6 is 39.3 Å². The van der Waals surface area contributed by atoms with Crippen LogP contribution in [0.3, 0.4) is 0 Å². The van der Waals surface area contributed by atoms with Crippen molar-refractivity contribution in [2.75, 3.05) is 18.5 Å². The summed E-state index contributed by atoms with van der Waals surface area (Å²) in [6, 6.07) is 10.1. The number of benzene rings is 3. The van der Waals surface area contributed by atoms with Crippen molar-refractivity contribution in [3.63, 3.8) is 0 Å². The summed E-state index contributed by atoms with van der Waals surface area (Å²) < 4.78 is 50.3. The molecule has 0 spiro atoms. The Hall–Kier alpha value is -4.41. The summed E-state index contributed by atoms with van der Waals surface area (Å²) in [6.07, 6.45) is -3.59. The largest absolute Gasteiger partial charge is 0.462 e. The predicted molar refractivity (Wildman–Crippen MR) is 161 cm³/mol. The minimum absolute atomic E-state index is 0.000843. The van der Waals surface area contributed by atoms with E-state index in [4.69, 9.17) is 21.1 Å². The van der Waals surface area contributed by atoms with Gasteiger partial charge in [0.2, 0.25) is 11.7 Å². The summed E-state index contributed by atoms with van der Waals surface area (Å²) in [4.78, 5) is 61.6. The van der Waals surface area contributed by atoms with E-state index in [0.717, 1.165) is 6.07 Å². The number of nitrogens with zero attached hydrogens (tertiary/aromatic N) is 2. The van der Waals surface area contributed by atoms with E-state index in [1.807, 2.05) is 0 Å². The summed E-state index contributed by atoms with van der Waals surface area (Å²) in [5, 5.41) is 13.3. The van der Waals surface area contributed by atoms with Gasteiger partial charge in [-0.2, -0.15) is 13.2 Å². The lowest BCUT2D eigenvalue weighted by Crippen LogP contribution is -2.36. The maximum Gasteiger partial charge on any atom is 0.416 e. The molecule has 45 heavy (non-hydrogen) atoms. The standard InChI is InChI=1S/C28H18BrClF3N3O8S/c1-2-43-26(39)18-12-17(5-6-19(18)30)34-24(37)13-35-25(38)23(45-27(35)40)10-14-9-16(29)4-8-21(14)44-22-7-3-15(28(31,32)33)11-20(22)36(41)42/h3-12H,2,13H2,1H3,(H,34,37)/b23-10+. The predicted octanol–water partition coefficient (Wildman–Crippen LogP) is 7.67. The first-order valence-electron chi connectivity index (χ1n) is 12.5. The third-order valence-corrected chi connectivity index (χ3v) is 7.61. The number of alkyl halides is 3. The fraction of sp³-hybridized carbons (Fsp3) is 0.143. The molecule has 0 unspecified atom stereocenters. The number of hydrogen-bond acceptors (Lipinski definition) is 9. The lowest BCUT2D eigenvalue weighted by atomic mass is 10.1. The second kappa shape index (κ2) is 13.7. The molecule has 17 heteroatoms. The number of ether oxygens (including phenoxy) is 2. The Labute approximate surface area is 269 Å². The van der Waals surface area contributed by atoms with E-state index in [0.29, 0.717) is 33.3 Å². The van der Waals surface area contributed by atoms with Crippen molar-refractivity contribution in [3.05, 3.63) is 95.8 Å². The van der Waals surface area contributed by atoms with Crippen LogP contribution in [0.4, 0.5) is 29.3 Å². The number of carbonyl (C=O) groups is 4. The molecule has 3 aromatic carbocycles. The molecule has 0 saturated carbocycles. The Kier molecular flexibility index (Phi) is 10.2. The van der Waals surface area contributed by atoms with E-state index < -0.39 is 57.7 Å². The molecule has 0 atom stereocenters. The number of thioether (sulfide) groups is 1. The van der Waals surface area contributed by atoms with Crippen LogP contribution in [0, 0.1) is 10.1 Å². The van der Waals surface area contributed by atoms with Crippen LogP contribution in [-0.2, 0) is 20.5 Å². The van der Waals surface area contributed by atoms with E-state index >= 15 is 0 Å². The van der Waals surface area contributed by atoms with Crippen LogP contribution in [0.2, 0.25) is 5.02 Å². The van der Waals surface area contributed by atoms with Crippen molar-refractivity contribution >= 4 is 79.8 Å². The topological polar surface area (TPSA) is 145 Å². The fourth-order valence-electron chi connectivity index (χ4n) is 3.86. The van der Waals surface area contributed by atoms with Gasteiger partial charge in [-0.1, -0.05) is 27.5 Å². The molecule has 1 fully saturated rings.